The molecule has 0 heterocycles. The Bertz CT molecular complexity index is 347. The van der Waals surface area contributed by atoms with Gasteiger partial charge in [0.05, 0.1) is 12.1 Å². The Morgan fingerprint density at radius 2 is 2.17 bits per heavy atom. The van der Waals surface area contributed by atoms with E-state index in [4.69, 9.17) is 5.26 Å². The molecule has 0 atom stereocenters. The molecule has 0 amide bonds. The van der Waals surface area contributed by atoms with Crippen molar-refractivity contribution < 1.29 is 4.39 Å². The van der Waals surface area contributed by atoms with Gasteiger partial charge in [0.15, 0.2) is 0 Å². The molecule has 1 rings (SSSR count). The average Bonchev–Trinajstić information content (AvgIpc) is 2.05. The summed E-state index contributed by atoms with van der Waals surface area (Å²) in [6, 6.07) is 8.69. The second-order valence-electron chi connectivity index (χ2n) is 2.44. The topological polar surface area (TPSA) is 23.8 Å². The minimum absolute atomic E-state index is 0.476. The molecule has 0 unspecified atom stereocenters. The van der Waals surface area contributed by atoms with E-state index in [1.165, 1.54) is 0 Å². The lowest BCUT2D eigenvalue weighted by Gasteiger charge is -1.99. The van der Waals surface area contributed by atoms with Crippen LogP contribution in [0.3, 0.4) is 0 Å². The van der Waals surface area contributed by atoms with E-state index in [9.17, 15) is 4.39 Å². The molecule has 12 heavy (non-hydrogen) atoms. The molecule has 0 radical (unpaired) electrons. The number of hydrogen-bond donors (Lipinski definition) is 0. The van der Waals surface area contributed by atoms with Crippen molar-refractivity contribution in [3.8, 4) is 6.07 Å². The summed E-state index contributed by atoms with van der Waals surface area (Å²) < 4.78 is 13.0. The molecule has 1 aromatic carbocycles. The average molecular weight is 161 g/mol. The number of rotatable bonds is 1. The van der Waals surface area contributed by atoms with Gasteiger partial charge in [0.1, 0.15) is 5.83 Å². The highest BCUT2D eigenvalue weighted by atomic mass is 19.1. The molecule has 2 heteroatoms. The lowest BCUT2D eigenvalue weighted by molar-refractivity contribution is 0.759. The van der Waals surface area contributed by atoms with Gasteiger partial charge < -0.3 is 0 Å². The standard InChI is InChI=1S/C10H8FN/c1-8-4-2-3-5-9(8)10(11)6-7-12/h2-6H,1H3/b10-6+. The predicted molar refractivity (Wildman–Crippen MR) is 45.9 cm³/mol. The summed E-state index contributed by atoms with van der Waals surface area (Å²) in [7, 11) is 0. The van der Waals surface area contributed by atoms with E-state index in [2.05, 4.69) is 0 Å². The molecular formula is C10H8FN. The van der Waals surface area contributed by atoms with Crippen LogP contribution < -0.4 is 0 Å². The summed E-state index contributed by atoms with van der Waals surface area (Å²) in [5, 5.41) is 8.22. The predicted octanol–water partition coefficient (Wildman–Crippen LogP) is 2.83. The van der Waals surface area contributed by atoms with Crippen molar-refractivity contribution in [2.75, 3.05) is 0 Å². The van der Waals surface area contributed by atoms with Gasteiger partial charge in [0.2, 0.25) is 0 Å². The Balaban J connectivity index is 3.13. The molecular weight excluding hydrogens is 153 g/mol. The van der Waals surface area contributed by atoms with Crippen LogP contribution in [-0.2, 0) is 0 Å². The minimum atomic E-state index is -0.476. The van der Waals surface area contributed by atoms with Crippen molar-refractivity contribution in [1.82, 2.24) is 0 Å². The molecule has 0 N–H and O–H groups in total. The van der Waals surface area contributed by atoms with Crippen LogP contribution in [0.1, 0.15) is 11.1 Å². The molecule has 0 bridgehead atoms. The Labute approximate surface area is 70.8 Å². The van der Waals surface area contributed by atoms with Crippen LogP contribution in [-0.4, -0.2) is 0 Å². The fourth-order valence-corrected chi connectivity index (χ4v) is 0.975. The zero-order valence-corrected chi connectivity index (χ0v) is 6.71. The molecule has 0 saturated heterocycles. The first-order valence-corrected chi connectivity index (χ1v) is 3.57. The van der Waals surface area contributed by atoms with E-state index in [-0.39, 0.29) is 0 Å². The monoisotopic (exact) mass is 161 g/mol. The van der Waals surface area contributed by atoms with Crippen molar-refractivity contribution in [3.05, 3.63) is 41.5 Å². The smallest absolute Gasteiger partial charge is 0.141 e. The van der Waals surface area contributed by atoms with E-state index in [0.717, 1.165) is 11.6 Å². The molecule has 0 fully saturated rings. The first-order valence-electron chi connectivity index (χ1n) is 3.57. The van der Waals surface area contributed by atoms with Gasteiger partial charge in [-0.1, -0.05) is 24.3 Å². The fraction of sp³-hybridized carbons (Fsp3) is 0.100. The van der Waals surface area contributed by atoms with E-state index >= 15 is 0 Å². The number of allylic oxidation sites excluding steroid dienone is 1. The van der Waals surface area contributed by atoms with Crippen molar-refractivity contribution in [2.45, 2.75) is 6.92 Å². The molecule has 0 aromatic heterocycles. The van der Waals surface area contributed by atoms with Crippen LogP contribution in [0.5, 0.6) is 0 Å². The van der Waals surface area contributed by atoms with Gasteiger partial charge in [-0.15, -0.1) is 0 Å². The van der Waals surface area contributed by atoms with Gasteiger partial charge in [-0.2, -0.15) is 5.26 Å². The first kappa shape index (κ1) is 8.48. The Morgan fingerprint density at radius 3 is 2.75 bits per heavy atom. The minimum Gasteiger partial charge on any atom is -0.206 e. The van der Waals surface area contributed by atoms with Gasteiger partial charge in [-0.25, -0.2) is 4.39 Å². The normalized spacial score (nSPS) is 10.9. The number of benzene rings is 1. The number of halogens is 1. The zero-order chi connectivity index (χ0) is 8.97. The summed E-state index contributed by atoms with van der Waals surface area (Å²) in [6.45, 7) is 1.81. The van der Waals surface area contributed by atoms with Crippen molar-refractivity contribution in [2.24, 2.45) is 0 Å². The third-order valence-corrected chi connectivity index (χ3v) is 1.59. The van der Waals surface area contributed by atoms with Crippen molar-refractivity contribution >= 4 is 5.83 Å². The van der Waals surface area contributed by atoms with E-state index in [1.807, 2.05) is 6.07 Å². The van der Waals surface area contributed by atoms with Gasteiger partial charge >= 0.3 is 0 Å². The highest BCUT2D eigenvalue weighted by Gasteiger charge is 2.01. The number of aryl methyl sites for hydroxylation is 1. The Morgan fingerprint density at radius 1 is 1.50 bits per heavy atom. The van der Waals surface area contributed by atoms with E-state index in [0.29, 0.717) is 5.56 Å². The van der Waals surface area contributed by atoms with Crippen LogP contribution in [0.25, 0.3) is 5.83 Å². The van der Waals surface area contributed by atoms with Crippen LogP contribution in [0, 0.1) is 18.3 Å². The van der Waals surface area contributed by atoms with Crippen LogP contribution in [0.15, 0.2) is 30.3 Å². The lowest BCUT2D eigenvalue weighted by Crippen LogP contribution is -1.82. The molecule has 0 aliphatic carbocycles. The van der Waals surface area contributed by atoms with Crippen LogP contribution in [0.4, 0.5) is 4.39 Å². The summed E-state index contributed by atoms with van der Waals surface area (Å²) in [5.41, 5.74) is 1.32. The summed E-state index contributed by atoms with van der Waals surface area (Å²) in [5.74, 6) is -0.476. The molecule has 0 spiro atoms. The van der Waals surface area contributed by atoms with Gasteiger partial charge in [0.25, 0.3) is 0 Å². The summed E-state index contributed by atoms with van der Waals surface area (Å²) in [6.07, 6.45) is 0.905. The van der Waals surface area contributed by atoms with Gasteiger partial charge in [-0.05, 0) is 12.5 Å². The zero-order valence-electron chi connectivity index (χ0n) is 6.71. The SMILES string of the molecule is Cc1ccccc1/C(F)=C\C#N. The van der Waals surface area contributed by atoms with Crippen molar-refractivity contribution in [3.63, 3.8) is 0 Å². The maximum atomic E-state index is 13.0. The van der Waals surface area contributed by atoms with Gasteiger partial charge in [-0.3, -0.25) is 0 Å². The van der Waals surface area contributed by atoms with Crippen LogP contribution in [0.2, 0.25) is 0 Å². The van der Waals surface area contributed by atoms with E-state index < -0.39 is 5.83 Å². The van der Waals surface area contributed by atoms with Gasteiger partial charge in [0, 0.05) is 5.56 Å². The fourth-order valence-electron chi connectivity index (χ4n) is 0.975. The second kappa shape index (κ2) is 3.68. The summed E-state index contributed by atoms with van der Waals surface area (Å²) >= 11 is 0. The third-order valence-electron chi connectivity index (χ3n) is 1.59. The molecule has 0 aliphatic rings. The quantitative estimate of drug-likeness (QED) is 0.581. The third kappa shape index (κ3) is 1.70. The lowest BCUT2D eigenvalue weighted by atomic mass is 10.1. The van der Waals surface area contributed by atoms with Crippen LogP contribution >= 0.6 is 0 Å². The Kier molecular flexibility index (Phi) is 2.60. The molecule has 1 nitrogen and oxygen atoms in total. The second-order valence-corrected chi connectivity index (χ2v) is 2.44. The highest BCUT2D eigenvalue weighted by Crippen LogP contribution is 2.18. The molecule has 0 saturated carbocycles. The molecule has 1 aromatic rings. The Hall–Kier alpha value is -1.62. The first-order chi connectivity index (χ1) is 5.75. The van der Waals surface area contributed by atoms with Crippen molar-refractivity contribution in [1.29, 1.82) is 5.26 Å². The maximum Gasteiger partial charge on any atom is 0.141 e. The maximum absolute atomic E-state index is 13.0. The number of hydrogen-bond acceptors (Lipinski definition) is 1. The highest BCUT2D eigenvalue weighted by molar-refractivity contribution is 5.63. The molecule has 0 aliphatic heterocycles. The number of nitriles is 1. The van der Waals surface area contributed by atoms with E-state index in [1.54, 1.807) is 31.2 Å². The molecule has 60 valence electrons. The summed E-state index contributed by atoms with van der Waals surface area (Å²) in [4.78, 5) is 0. The largest absolute Gasteiger partial charge is 0.206 e. The number of nitrogens with zero attached hydrogens (tertiary/aromatic N) is 1.